The first-order valence-electron chi connectivity index (χ1n) is 6.53. The number of carbonyl (C=O) groups is 2. The summed E-state index contributed by atoms with van der Waals surface area (Å²) in [5.74, 6) is -0.947. The number of hydrogen-bond acceptors (Lipinski definition) is 2. The second kappa shape index (κ2) is 5.01. The normalized spacial score (nSPS) is 13.6. The molecule has 4 nitrogen and oxygen atoms in total. The molecule has 0 radical (unpaired) electrons. The lowest BCUT2D eigenvalue weighted by atomic mass is 10.1. The van der Waals surface area contributed by atoms with E-state index in [0.717, 1.165) is 0 Å². The van der Waals surface area contributed by atoms with E-state index in [2.05, 4.69) is 5.32 Å². The topological polar surface area (TPSA) is 49.4 Å². The van der Waals surface area contributed by atoms with Crippen molar-refractivity contribution in [1.29, 1.82) is 0 Å². The molecule has 3 rings (SSSR count). The molecule has 0 aliphatic carbocycles. The highest BCUT2D eigenvalue weighted by Gasteiger charge is 2.28. The maximum absolute atomic E-state index is 13.2. The van der Waals surface area contributed by atoms with Crippen LogP contribution in [0.5, 0.6) is 0 Å². The van der Waals surface area contributed by atoms with Crippen LogP contribution in [0, 0.1) is 12.7 Å². The zero-order valence-corrected chi connectivity index (χ0v) is 11.4. The average Bonchev–Trinajstić information content (AvgIpc) is 2.45. The monoisotopic (exact) mass is 284 g/mol. The van der Waals surface area contributed by atoms with Gasteiger partial charge in [0, 0.05) is 5.56 Å². The Bertz CT molecular complexity index is 743. The van der Waals surface area contributed by atoms with Crippen LogP contribution in [0.25, 0.3) is 0 Å². The summed E-state index contributed by atoms with van der Waals surface area (Å²) in [5.41, 5.74) is 2.18. The number of nitrogens with one attached hydrogen (secondary N) is 1. The summed E-state index contributed by atoms with van der Waals surface area (Å²) in [5, 5.41) is 2.73. The minimum Gasteiger partial charge on any atom is -0.323 e. The maximum Gasteiger partial charge on any atom is 0.259 e. The standard InChI is InChI=1S/C16H13FN2O2/c1-10-8-11(17)6-7-12(10)16(21)19-9-15(20)18-13-4-2-3-5-14(13)19/h2-8H,9H2,1H3,(H,18,20). The Hall–Kier alpha value is -2.69. The molecule has 5 heteroatoms. The molecule has 1 heterocycles. The van der Waals surface area contributed by atoms with Crippen molar-refractivity contribution in [3.8, 4) is 0 Å². The number of para-hydroxylation sites is 2. The number of amides is 2. The van der Waals surface area contributed by atoms with Gasteiger partial charge < -0.3 is 5.32 Å². The lowest BCUT2D eigenvalue weighted by molar-refractivity contribution is -0.115. The van der Waals surface area contributed by atoms with Crippen LogP contribution in [0.3, 0.4) is 0 Å². The number of fused-ring (bicyclic) bond motifs is 1. The number of benzene rings is 2. The van der Waals surface area contributed by atoms with E-state index in [4.69, 9.17) is 0 Å². The van der Waals surface area contributed by atoms with E-state index in [1.807, 2.05) is 0 Å². The number of anilines is 2. The summed E-state index contributed by atoms with van der Waals surface area (Å²) >= 11 is 0. The number of rotatable bonds is 1. The van der Waals surface area contributed by atoms with Gasteiger partial charge in [-0.1, -0.05) is 12.1 Å². The second-order valence-corrected chi connectivity index (χ2v) is 4.92. The zero-order chi connectivity index (χ0) is 15.0. The van der Waals surface area contributed by atoms with Gasteiger partial charge in [-0.15, -0.1) is 0 Å². The SMILES string of the molecule is Cc1cc(F)ccc1C(=O)N1CC(=O)Nc2ccccc21. The molecule has 0 fully saturated rings. The van der Waals surface area contributed by atoms with E-state index >= 15 is 0 Å². The van der Waals surface area contributed by atoms with E-state index in [1.165, 1.54) is 23.1 Å². The molecule has 1 aliphatic rings. The molecule has 2 aromatic rings. The van der Waals surface area contributed by atoms with E-state index < -0.39 is 0 Å². The van der Waals surface area contributed by atoms with Crippen molar-refractivity contribution >= 4 is 23.2 Å². The summed E-state index contributed by atoms with van der Waals surface area (Å²) in [7, 11) is 0. The predicted octanol–water partition coefficient (Wildman–Crippen LogP) is 2.73. The van der Waals surface area contributed by atoms with Crippen LogP contribution in [-0.4, -0.2) is 18.4 Å². The van der Waals surface area contributed by atoms with Crippen LogP contribution >= 0.6 is 0 Å². The summed E-state index contributed by atoms with van der Waals surface area (Å²) < 4.78 is 13.2. The van der Waals surface area contributed by atoms with Gasteiger partial charge in [0.25, 0.3) is 5.91 Å². The first-order valence-corrected chi connectivity index (χ1v) is 6.53. The van der Waals surface area contributed by atoms with Gasteiger partial charge >= 0.3 is 0 Å². The van der Waals surface area contributed by atoms with E-state index in [-0.39, 0.29) is 24.2 Å². The highest BCUT2D eigenvalue weighted by molar-refractivity contribution is 6.15. The van der Waals surface area contributed by atoms with Crippen molar-refractivity contribution in [1.82, 2.24) is 0 Å². The summed E-state index contributed by atoms with van der Waals surface area (Å²) in [6.07, 6.45) is 0. The van der Waals surface area contributed by atoms with Crippen molar-refractivity contribution in [3.63, 3.8) is 0 Å². The molecule has 21 heavy (non-hydrogen) atoms. The van der Waals surface area contributed by atoms with E-state index in [0.29, 0.717) is 22.5 Å². The van der Waals surface area contributed by atoms with Crippen molar-refractivity contribution in [2.24, 2.45) is 0 Å². The zero-order valence-electron chi connectivity index (χ0n) is 11.4. The Kier molecular flexibility index (Phi) is 3.17. The average molecular weight is 284 g/mol. The third kappa shape index (κ3) is 2.38. The molecule has 0 saturated heterocycles. The van der Waals surface area contributed by atoms with Crippen molar-refractivity contribution in [2.75, 3.05) is 16.8 Å². The molecule has 0 bridgehead atoms. The van der Waals surface area contributed by atoms with Crippen LogP contribution < -0.4 is 10.2 Å². The van der Waals surface area contributed by atoms with Gasteiger partial charge in [0.05, 0.1) is 11.4 Å². The van der Waals surface area contributed by atoms with Gasteiger partial charge in [0.2, 0.25) is 5.91 Å². The Morgan fingerprint density at radius 1 is 1.24 bits per heavy atom. The highest BCUT2D eigenvalue weighted by atomic mass is 19.1. The van der Waals surface area contributed by atoms with Crippen molar-refractivity contribution < 1.29 is 14.0 Å². The van der Waals surface area contributed by atoms with Crippen LogP contribution in [-0.2, 0) is 4.79 Å². The Morgan fingerprint density at radius 2 is 2.00 bits per heavy atom. The summed E-state index contributed by atoms with van der Waals surface area (Å²) in [6, 6.07) is 11.1. The van der Waals surface area contributed by atoms with Gasteiger partial charge in [-0.3, -0.25) is 14.5 Å². The van der Waals surface area contributed by atoms with Crippen LogP contribution in [0.2, 0.25) is 0 Å². The quantitative estimate of drug-likeness (QED) is 0.875. The van der Waals surface area contributed by atoms with Crippen LogP contribution in [0.15, 0.2) is 42.5 Å². The third-order valence-corrected chi connectivity index (χ3v) is 3.43. The molecule has 0 aromatic heterocycles. The molecule has 0 spiro atoms. The minimum atomic E-state index is -0.388. The molecule has 0 saturated carbocycles. The fraction of sp³-hybridized carbons (Fsp3) is 0.125. The predicted molar refractivity (Wildman–Crippen MR) is 77.9 cm³/mol. The molecule has 2 amide bonds. The van der Waals surface area contributed by atoms with Gasteiger partial charge in [-0.25, -0.2) is 4.39 Å². The maximum atomic E-state index is 13.2. The summed E-state index contributed by atoms with van der Waals surface area (Å²) in [6.45, 7) is 1.62. The number of aryl methyl sites for hydroxylation is 1. The molecular weight excluding hydrogens is 271 g/mol. The molecule has 2 aromatic carbocycles. The van der Waals surface area contributed by atoms with Crippen LogP contribution in [0.4, 0.5) is 15.8 Å². The van der Waals surface area contributed by atoms with Crippen LogP contribution in [0.1, 0.15) is 15.9 Å². The molecule has 106 valence electrons. The lowest BCUT2D eigenvalue weighted by Crippen LogP contribution is -2.42. The van der Waals surface area contributed by atoms with Crippen molar-refractivity contribution in [3.05, 3.63) is 59.4 Å². The highest BCUT2D eigenvalue weighted by Crippen LogP contribution is 2.30. The smallest absolute Gasteiger partial charge is 0.259 e. The fourth-order valence-electron chi connectivity index (χ4n) is 2.43. The first kappa shape index (κ1) is 13.3. The van der Waals surface area contributed by atoms with E-state index in [9.17, 15) is 14.0 Å². The second-order valence-electron chi connectivity index (χ2n) is 4.92. The summed E-state index contributed by atoms with van der Waals surface area (Å²) in [4.78, 5) is 25.8. The molecule has 0 unspecified atom stereocenters. The third-order valence-electron chi connectivity index (χ3n) is 3.43. The van der Waals surface area contributed by atoms with Crippen molar-refractivity contribution in [2.45, 2.75) is 6.92 Å². The van der Waals surface area contributed by atoms with Gasteiger partial charge in [-0.2, -0.15) is 0 Å². The number of nitrogens with zero attached hydrogens (tertiary/aromatic N) is 1. The Balaban J connectivity index is 2.04. The Morgan fingerprint density at radius 3 is 2.76 bits per heavy atom. The number of halogens is 1. The number of carbonyl (C=O) groups excluding carboxylic acids is 2. The Labute approximate surface area is 121 Å². The molecule has 1 N–H and O–H groups in total. The molecular formula is C16H13FN2O2. The van der Waals surface area contributed by atoms with Gasteiger partial charge in [0.15, 0.2) is 0 Å². The number of hydrogen-bond donors (Lipinski definition) is 1. The van der Waals surface area contributed by atoms with Gasteiger partial charge in [-0.05, 0) is 42.8 Å². The largest absolute Gasteiger partial charge is 0.323 e. The van der Waals surface area contributed by atoms with Gasteiger partial charge in [0.1, 0.15) is 12.4 Å². The minimum absolute atomic E-state index is 0.0489. The van der Waals surface area contributed by atoms with E-state index in [1.54, 1.807) is 31.2 Å². The molecule has 0 atom stereocenters. The fourth-order valence-corrected chi connectivity index (χ4v) is 2.43. The molecule has 1 aliphatic heterocycles. The lowest BCUT2D eigenvalue weighted by Gasteiger charge is -2.29. The first-order chi connectivity index (χ1) is 10.1.